The molecule has 0 spiro atoms. The number of nitrogens with one attached hydrogen (secondary N) is 1. The van der Waals surface area contributed by atoms with E-state index < -0.39 is 34.4 Å². The first-order valence-corrected chi connectivity index (χ1v) is 8.60. The van der Waals surface area contributed by atoms with Crippen molar-refractivity contribution in [3.8, 4) is 0 Å². The lowest BCUT2D eigenvalue weighted by molar-refractivity contribution is -0.384. The third kappa shape index (κ3) is 4.36. The summed E-state index contributed by atoms with van der Waals surface area (Å²) >= 11 is 0. The molecule has 0 aliphatic carbocycles. The first kappa shape index (κ1) is 20.3. The highest BCUT2D eigenvalue weighted by atomic mass is 19.4. The fourth-order valence-electron chi connectivity index (χ4n) is 3.08. The maximum Gasteiger partial charge on any atom is 0.416 e. The normalized spacial score (nSPS) is 16.8. The van der Waals surface area contributed by atoms with Crippen LogP contribution in [0.4, 0.5) is 30.2 Å². The maximum absolute atomic E-state index is 12.9. The Morgan fingerprint density at radius 1 is 1.24 bits per heavy atom. The van der Waals surface area contributed by atoms with Gasteiger partial charge in [-0.05, 0) is 30.7 Å². The highest BCUT2D eigenvalue weighted by molar-refractivity contribution is 6.03. The molecule has 3 rings (SSSR count). The molecular weight excluding hydrogens is 391 g/mol. The molecule has 2 aromatic rings. The molecule has 1 unspecified atom stereocenters. The van der Waals surface area contributed by atoms with Crippen LogP contribution in [0.3, 0.4) is 0 Å². The minimum absolute atomic E-state index is 0.0617. The third-order valence-electron chi connectivity index (χ3n) is 4.67. The average Bonchev–Trinajstić information content (AvgIpc) is 3.04. The van der Waals surface area contributed by atoms with Crippen molar-refractivity contribution in [2.45, 2.75) is 19.5 Å². The van der Waals surface area contributed by atoms with Gasteiger partial charge in [-0.1, -0.05) is 12.1 Å². The van der Waals surface area contributed by atoms with Crippen LogP contribution in [0.25, 0.3) is 0 Å². The number of nitrogens with zero attached hydrogens (tertiary/aromatic N) is 2. The van der Waals surface area contributed by atoms with Gasteiger partial charge in [0.2, 0.25) is 11.8 Å². The molecule has 1 aliphatic heterocycles. The monoisotopic (exact) mass is 407 g/mol. The molecule has 10 heteroatoms. The van der Waals surface area contributed by atoms with Gasteiger partial charge in [0.15, 0.2) is 0 Å². The van der Waals surface area contributed by atoms with Gasteiger partial charge in [-0.25, -0.2) is 0 Å². The van der Waals surface area contributed by atoms with Gasteiger partial charge in [-0.3, -0.25) is 19.7 Å². The number of halogens is 3. The number of amides is 2. The van der Waals surface area contributed by atoms with Crippen molar-refractivity contribution in [3.05, 3.63) is 63.7 Å². The Labute approximate surface area is 163 Å². The lowest BCUT2D eigenvalue weighted by Gasteiger charge is -2.18. The molecule has 0 aromatic heterocycles. The van der Waals surface area contributed by atoms with Gasteiger partial charge in [0, 0.05) is 30.8 Å². The van der Waals surface area contributed by atoms with Crippen molar-refractivity contribution >= 4 is 28.9 Å². The zero-order valence-electron chi connectivity index (χ0n) is 15.2. The lowest BCUT2D eigenvalue weighted by Crippen LogP contribution is -2.28. The van der Waals surface area contributed by atoms with Crippen LogP contribution in [0.15, 0.2) is 42.5 Å². The summed E-state index contributed by atoms with van der Waals surface area (Å²) in [5.74, 6) is -1.80. The Kier molecular flexibility index (Phi) is 5.27. The largest absolute Gasteiger partial charge is 0.416 e. The van der Waals surface area contributed by atoms with Gasteiger partial charge in [0.1, 0.15) is 0 Å². The molecule has 1 aliphatic rings. The quantitative estimate of drug-likeness (QED) is 0.614. The predicted molar refractivity (Wildman–Crippen MR) is 98.4 cm³/mol. The second-order valence-corrected chi connectivity index (χ2v) is 6.70. The number of non-ortho nitro benzene ring substituents is 1. The van der Waals surface area contributed by atoms with Crippen LogP contribution < -0.4 is 10.2 Å². The Morgan fingerprint density at radius 2 is 1.97 bits per heavy atom. The van der Waals surface area contributed by atoms with Crippen molar-refractivity contribution < 1.29 is 27.7 Å². The topological polar surface area (TPSA) is 92.5 Å². The number of aryl methyl sites for hydroxylation is 1. The van der Waals surface area contributed by atoms with Gasteiger partial charge in [-0.2, -0.15) is 13.2 Å². The van der Waals surface area contributed by atoms with Gasteiger partial charge in [-0.15, -0.1) is 0 Å². The van der Waals surface area contributed by atoms with E-state index in [1.54, 1.807) is 6.92 Å². The number of carbonyl (C=O) groups is 2. The Morgan fingerprint density at radius 3 is 2.62 bits per heavy atom. The fraction of sp³-hybridized carbons (Fsp3) is 0.263. The smallest absolute Gasteiger partial charge is 0.325 e. The Bertz CT molecular complexity index is 991. The summed E-state index contributed by atoms with van der Waals surface area (Å²) in [6, 6.07) is 8.35. The Balaban J connectivity index is 1.76. The maximum atomic E-state index is 12.9. The summed E-state index contributed by atoms with van der Waals surface area (Å²) in [6.07, 6.45) is -4.72. The van der Waals surface area contributed by atoms with E-state index in [1.807, 2.05) is 0 Å². The minimum Gasteiger partial charge on any atom is -0.325 e. The molecular formula is C19H16F3N3O4. The zero-order valence-corrected chi connectivity index (χ0v) is 15.2. The van der Waals surface area contributed by atoms with Crippen LogP contribution in [0, 0.1) is 23.0 Å². The lowest BCUT2D eigenvalue weighted by atomic mass is 10.1. The van der Waals surface area contributed by atoms with E-state index in [1.165, 1.54) is 30.3 Å². The van der Waals surface area contributed by atoms with E-state index in [2.05, 4.69) is 5.32 Å². The number of rotatable bonds is 4. The van der Waals surface area contributed by atoms with E-state index in [9.17, 15) is 32.9 Å². The van der Waals surface area contributed by atoms with E-state index >= 15 is 0 Å². The Hall–Kier alpha value is -3.43. The molecule has 29 heavy (non-hydrogen) atoms. The van der Waals surface area contributed by atoms with Crippen molar-refractivity contribution in [3.63, 3.8) is 0 Å². The van der Waals surface area contributed by atoms with Crippen LogP contribution in [0.1, 0.15) is 17.5 Å². The molecule has 152 valence electrons. The van der Waals surface area contributed by atoms with Crippen LogP contribution in [-0.4, -0.2) is 23.3 Å². The first-order chi connectivity index (χ1) is 13.6. The molecule has 7 nitrogen and oxygen atoms in total. The highest BCUT2D eigenvalue weighted by Gasteiger charge is 2.37. The van der Waals surface area contributed by atoms with E-state index in [0.717, 1.165) is 17.0 Å². The molecule has 0 bridgehead atoms. The van der Waals surface area contributed by atoms with Crippen LogP contribution in [0.5, 0.6) is 0 Å². The first-order valence-electron chi connectivity index (χ1n) is 8.60. The molecule has 1 heterocycles. The molecule has 1 fully saturated rings. The van der Waals surface area contributed by atoms with E-state index in [0.29, 0.717) is 5.56 Å². The van der Waals surface area contributed by atoms with E-state index in [4.69, 9.17) is 0 Å². The molecule has 1 saturated heterocycles. The number of hydrogen-bond donors (Lipinski definition) is 1. The summed E-state index contributed by atoms with van der Waals surface area (Å²) in [5.41, 5.74) is -0.175. The standard InChI is InChI=1S/C19H16F3N3O4/c1-11-5-6-15(25(28)29)9-16(11)23-18(27)12-7-17(26)24(10-12)14-4-2-3-13(8-14)19(20,21)22/h2-6,8-9,12H,7,10H2,1H3,(H,23,27). The minimum atomic E-state index is -4.55. The number of hydrogen-bond acceptors (Lipinski definition) is 4. The second-order valence-electron chi connectivity index (χ2n) is 6.70. The van der Waals surface area contributed by atoms with Crippen LogP contribution in [0.2, 0.25) is 0 Å². The zero-order chi connectivity index (χ0) is 21.3. The van der Waals surface area contributed by atoms with Crippen LogP contribution >= 0.6 is 0 Å². The van der Waals surface area contributed by atoms with Gasteiger partial charge < -0.3 is 10.2 Å². The predicted octanol–water partition coefficient (Wildman–Crippen LogP) is 3.91. The number of alkyl halides is 3. The summed E-state index contributed by atoms with van der Waals surface area (Å²) in [4.78, 5) is 36.3. The van der Waals surface area contributed by atoms with Crippen LogP contribution in [-0.2, 0) is 15.8 Å². The van der Waals surface area contributed by atoms with Crippen molar-refractivity contribution in [2.24, 2.45) is 5.92 Å². The molecule has 0 radical (unpaired) electrons. The van der Waals surface area contributed by atoms with Gasteiger partial charge >= 0.3 is 6.18 Å². The van der Waals surface area contributed by atoms with Crippen molar-refractivity contribution in [1.82, 2.24) is 0 Å². The highest BCUT2D eigenvalue weighted by Crippen LogP contribution is 2.34. The van der Waals surface area contributed by atoms with Gasteiger partial charge in [0.25, 0.3) is 5.69 Å². The summed E-state index contributed by atoms with van der Waals surface area (Å²) in [6.45, 7) is 1.58. The number of anilines is 2. The molecule has 2 amide bonds. The van der Waals surface area contributed by atoms with Crippen molar-refractivity contribution in [1.29, 1.82) is 0 Å². The number of carbonyl (C=O) groups excluding carboxylic acids is 2. The third-order valence-corrected chi connectivity index (χ3v) is 4.67. The number of benzene rings is 2. The van der Waals surface area contributed by atoms with Gasteiger partial charge in [0.05, 0.1) is 22.1 Å². The summed E-state index contributed by atoms with van der Waals surface area (Å²) in [7, 11) is 0. The fourth-order valence-corrected chi connectivity index (χ4v) is 3.08. The molecule has 1 atom stereocenters. The van der Waals surface area contributed by atoms with E-state index in [-0.39, 0.29) is 30.0 Å². The second kappa shape index (κ2) is 7.53. The molecule has 0 saturated carbocycles. The van der Waals surface area contributed by atoms with Crippen molar-refractivity contribution in [2.75, 3.05) is 16.8 Å². The summed E-state index contributed by atoms with van der Waals surface area (Å²) in [5, 5.41) is 13.5. The SMILES string of the molecule is Cc1ccc([N+](=O)[O-])cc1NC(=O)C1CC(=O)N(c2cccc(C(F)(F)F)c2)C1. The average molecular weight is 407 g/mol. The number of nitro groups is 1. The number of nitro benzene ring substituents is 1. The summed E-state index contributed by atoms with van der Waals surface area (Å²) < 4.78 is 38.7. The molecule has 1 N–H and O–H groups in total. The molecule has 2 aromatic carbocycles.